The van der Waals surface area contributed by atoms with Gasteiger partial charge in [-0.3, -0.25) is 0 Å². The minimum Gasteiger partial charge on any atom is -0.497 e. The number of hydrogen-bond acceptors (Lipinski definition) is 3. The molecule has 2 aromatic carbocycles. The van der Waals surface area contributed by atoms with Crippen LogP contribution in [0.15, 0.2) is 48.5 Å². The van der Waals surface area contributed by atoms with Crippen LogP contribution in [0.1, 0.15) is 24.5 Å². The lowest BCUT2D eigenvalue weighted by atomic mass is 10.1. The molecule has 0 aliphatic heterocycles. The maximum atomic E-state index is 5.41. The largest absolute Gasteiger partial charge is 0.497 e. The number of benzene rings is 2. The fourth-order valence-corrected chi connectivity index (χ4v) is 2.43. The first kappa shape index (κ1) is 16.4. The molecule has 0 spiro atoms. The van der Waals surface area contributed by atoms with Gasteiger partial charge >= 0.3 is 0 Å². The van der Waals surface area contributed by atoms with Crippen LogP contribution in [-0.2, 0) is 13.0 Å². The van der Waals surface area contributed by atoms with E-state index >= 15 is 0 Å². The molecule has 0 unspecified atom stereocenters. The van der Waals surface area contributed by atoms with Crippen LogP contribution in [0.3, 0.4) is 0 Å². The second kappa shape index (κ2) is 8.44. The van der Waals surface area contributed by atoms with Crippen LogP contribution in [0.2, 0.25) is 0 Å². The van der Waals surface area contributed by atoms with Crippen LogP contribution < -0.4 is 14.8 Å². The number of aryl methyl sites for hydroxylation is 1. The van der Waals surface area contributed by atoms with E-state index in [1.54, 1.807) is 14.2 Å². The topological polar surface area (TPSA) is 30.5 Å². The molecule has 22 heavy (non-hydrogen) atoms. The van der Waals surface area contributed by atoms with Gasteiger partial charge in [0.2, 0.25) is 0 Å². The van der Waals surface area contributed by atoms with Crippen molar-refractivity contribution in [1.29, 1.82) is 0 Å². The Morgan fingerprint density at radius 2 is 1.77 bits per heavy atom. The van der Waals surface area contributed by atoms with Crippen molar-refractivity contribution in [2.45, 2.75) is 32.4 Å². The van der Waals surface area contributed by atoms with Crippen molar-refractivity contribution in [3.05, 3.63) is 59.7 Å². The van der Waals surface area contributed by atoms with Crippen LogP contribution in [0, 0.1) is 0 Å². The highest BCUT2D eigenvalue weighted by Gasteiger charge is 2.07. The van der Waals surface area contributed by atoms with Gasteiger partial charge in [-0.1, -0.05) is 30.3 Å². The van der Waals surface area contributed by atoms with E-state index in [4.69, 9.17) is 9.47 Å². The van der Waals surface area contributed by atoms with E-state index in [0.29, 0.717) is 6.04 Å². The van der Waals surface area contributed by atoms with Gasteiger partial charge in [0.25, 0.3) is 0 Å². The Morgan fingerprint density at radius 1 is 1.00 bits per heavy atom. The summed E-state index contributed by atoms with van der Waals surface area (Å²) in [6, 6.07) is 16.9. The van der Waals surface area contributed by atoms with E-state index < -0.39 is 0 Å². The van der Waals surface area contributed by atoms with Gasteiger partial charge in [0.15, 0.2) is 0 Å². The molecule has 118 valence electrons. The van der Waals surface area contributed by atoms with Crippen molar-refractivity contribution in [1.82, 2.24) is 5.32 Å². The molecule has 1 N–H and O–H groups in total. The van der Waals surface area contributed by atoms with Crippen molar-refractivity contribution >= 4 is 0 Å². The fourth-order valence-electron chi connectivity index (χ4n) is 2.43. The average molecular weight is 299 g/mol. The molecule has 2 rings (SSSR count). The minimum atomic E-state index is 0.441. The summed E-state index contributed by atoms with van der Waals surface area (Å²) in [5.74, 6) is 1.75. The highest BCUT2D eigenvalue weighted by molar-refractivity contribution is 5.40. The number of methoxy groups -OCH3 is 2. The Balaban J connectivity index is 1.86. The number of nitrogens with one attached hydrogen (secondary N) is 1. The highest BCUT2D eigenvalue weighted by atomic mass is 16.5. The molecule has 0 amide bonds. The Kier molecular flexibility index (Phi) is 6.28. The monoisotopic (exact) mass is 299 g/mol. The Hall–Kier alpha value is -2.00. The summed E-state index contributed by atoms with van der Waals surface area (Å²) in [4.78, 5) is 0. The first-order chi connectivity index (χ1) is 10.7. The maximum Gasteiger partial charge on any atom is 0.123 e. The van der Waals surface area contributed by atoms with Gasteiger partial charge < -0.3 is 14.8 Å². The van der Waals surface area contributed by atoms with Crippen molar-refractivity contribution < 1.29 is 9.47 Å². The summed E-state index contributed by atoms with van der Waals surface area (Å²) in [5.41, 5.74) is 2.50. The standard InChI is InChI=1S/C19H25NO2/c1-15(9-10-16-7-5-4-6-8-16)20-14-17-13-18(21-2)11-12-19(17)22-3/h4-8,11-13,15,20H,9-10,14H2,1-3H3/t15-/m0/s1. The van der Waals surface area contributed by atoms with Gasteiger partial charge in [-0.25, -0.2) is 0 Å². The van der Waals surface area contributed by atoms with E-state index in [1.807, 2.05) is 18.2 Å². The molecule has 0 saturated carbocycles. The summed E-state index contributed by atoms with van der Waals surface area (Å²) < 4.78 is 10.7. The Bertz CT molecular complexity index is 569. The smallest absolute Gasteiger partial charge is 0.123 e. The zero-order valence-electron chi connectivity index (χ0n) is 13.6. The summed E-state index contributed by atoms with van der Waals surface area (Å²) >= 11 is 0. The van der Waals surface area contributed by atoms with Gasteiger partial charge in [0.1, 0.15) is 11.5 Å². The SMILES string of the molecule is COc1ccc(OC)c(CN[C@@H](C)CCc2ccccc2)c1. The van der Waals surface area contributed by atoms with Gasteiger partial charge in [0, 0.05) is 18.2 Å². The molecule has 1 atom stereocenters. The third-order valence-corrected chi connectivity index (χ3v) is 3.84. The normalized spacial score (nSPS) is 12.0. The van der Waals surface area contributed by atoms with E-state index in [2.05, 4.69) is 42.6 Å². The third-order valence-electron chi connectivity index (χ3n) is 3.84. The van der Waals surface area contributed by atoms with Crippen molar-refractivity contribution in [2.24, 2.45) is 0 Å². The summed E-state index contributed by atoms with van der Waals surface area (Å²) in [5, 5.41) is 3.56. The Morgan fingerprint density at radius 3 is 2.45 bits per heavy atom. The first-order valence-electron chi connectivity index (χ1n) is 7.71. The molecule has 2 aromatic rings. The quantitative estimate of drug-likeness (QED) is 0.804. The zero-order valence-corrected chi connectivity index (χ0v) is 13.6. The molecular weight excluding hydrogens is 274 g/mol. The van der Waals surface area contributed by atoms with E-state index in [0.717, 1.165) is 36.4 Å². The van der Waals surface area contributed by atoms with Gasteiger partial charge in [-0.2, -0.15) is 0 Å². The number of ether oxygens (including phenoxy) is 2. The molecule has 3 heteroatoms. The molecular formula is C19H25NO2. The lowest BCUT2D eigenvalue weighted by Crippen LogP contribution is -2.26. The number of rotatable bonds is 8. The van der Waals surface area contributed by atoms with E-state index in [-0.39, 0.29) is 0 Å². The average Bonchev–Trinajstić information content (AvgIpc) is 2.58. The molecule has 0 aromatic heterocycles. The minimum absolute atomic E-state index is 0.441. The van der Waals surface area contributed by atoms with Crippen LogP contribution in [0.5, 0.6) is 11.5 Å². The molecule has 0 aliphatic rings. The second-order valence-electron chi connectivity index (χ2n) is 5.48. The molecule has 0 aliphatic carbocycles. The molecule has 0 heterocycles. The van der Waals surface area contributed by atoms with Gasteiger partial charge in [-0.05, 0) is 43.5 Å². The van der Waals surface area contributed by atoms with Crippen LogP contribution in [0.4, 0.5) is 0 Å². The van der Waals surface area contributed by atoms with Gasteiger partial charge in [0.05, 0.1) is 14.2 Å². The van der Waals surface area contributed by atoms with E-state index in [1.165, 1.54) is 5.56 Å². The molecule has 0 saturated heterocycles. The van der Waals surface area contributed by atoms with Crippen molar-refractivity contribution in [3.63, 3.8) is 0 Å². The Labute approximate surface area is 133 Å². The summed E-state index contributed by atoms with van der Waals surface area (Å²) in [6.07, 6.45) is 2.19. The first-order valence-corrected chi connectivity index (χ1v) is 7.71. The van der Waals surface area contributed by atoms with Crippen LogP contribution in [0.25, 0.3) is 0 Å². The molecule has 0 fully saturated rings. The molecule has 0 radical (unpaired) electrons. The van der Waals surface area contributed by atoms with Crippen molar-refractivity contribution in [3.8, 4) is 11.5 Å². The maximum absolute atomic E-state index is 5.41. The molecule has 3 nitrogen and oxygen atoms in total. The fraction of sp³-hybridized carbons (Fsp3) is 0.368. The summed E-state index contributed by atoms with van der Waals surface area (Å²) in [7, 11) is 3.38. The number of hydrogen-bond donors (Lipinski definition) is 1. The van der Waals surface area contributed by atoms with Crippen LogP contribution in [-0.4, -0.2) is 20.3 Å². The second-order valence-corrected chi connectivity index (χ2v) is 5.48. The summed E-state index contributed by atoms with van der Waals surface area (Å²) in [6.45, 7) is 2.99. The highest BCUT2D eigenvalue weighted by Crippen LogP contribution is 2.23. The van der Waals surface area contributed by atoms with E-state index in [9.17, 15) is 0 Å². The van der Waals surface area contributed by atoms with Crippen LogP contribution >= 0.6 is 0 Å². The van der Waals surface area contributed by atoms with Crippen molar-refractivity contribution in [2.75, 3.05) is 14.2 Å². The third kappa shape index (κ3) is 4.78. The molecule has 0 bridgehead atoms. The lowest BCUT2D eigenvalue weighted by Gasteiger charge is -2.16. The predicted molar refractivity (Wildman–Crippen MR) is 90.6 cm³/mol. The zero-order chi connectivity index (χ0) is 15.8. The lowest BCUT2D eigenvalue weighted by molar-refractivity contribution is 0.394. The van der Waals surface area contributed by atoms with Gasteiger partial charge in [-0.15, -0.1) is 0 Å². The predicted octanol–water partition coefficient (Wildman–Crippen LogP) is 3.81.